The molecular weight excluding hydrogens is 364 g/mol. The second-order valence-corrected chi connectivity index (χ2v) is 8.22. The van der Waals surface area contributed by atoms with Crippen molar-refractivity contribution in [2.24, 2.45) is 11.8 Å². The van der Waals surface area contributed by atoms with E-state index in [1.54, 1.807) is 0 Å². The van der Waals surface area contributed by atoms with E-state index in [1.165, 1.54) is 46.6 Å². The third-order valence-corrected chi connectivity index (χ3v) is 6.83. The predicted octanol–water partition coefficient (Wildman–Crippen LogP) is 5.55. The fourth-order valence-corrected chi connectivity index (χ4v) is 5.54. The smallest absolute Gasteiger partial charge is 0.159 e. The van der Waals surface area contributed by atoms with Crippen molar-refractivity contribution in [1.82, 2.24) is 0 Å². The Morgan fingerprint density at radius 1 is 0.464 bits per heavy atom. The number of halogens is 4. The van der Waals surface area contributed by atoms with Gasteiger partial charge >= 0.3 is 0 Å². The van der Waals surface area contributed by atoms with Gasteiger partial charge in [0, 0.05) is 11.8 Å². The third-order valence-electron chi connectivity index (χ3n) is 6.83. The van der Waals surface area contributed by atoms with Crippen molar-refractivity contribution < 1.29 is 17.6 Å². The molecule has 28 heavy (non-hydrogen) atoms. The lowest BCUT2D eigenvalue weighted by Crippen LogP contribution is -2.33. The van der Waals surface area contributed by atoms with Gasteiger partial charge in [-0.3, -0.25) is 0 Å². The van der Waals surface area contributed by atoms with Gasteiger partial charge in [-0.05, 0) is 72.2 Å². The maximum absolute atomic E-state index is 13.7. The van der Waals surface area contributed by atoms with Crippen LogP contribution in [0.25, 0.3) is 0 Å². The Morgan fingerprint density at radius 3 is 0.964 bits per heavy atom. The van der Waals surface area contributed by atoms with Crippen molar-refractivity contribution in [3.8, 4) is 0 Å². The van der Waals surface area contributed by atoms with Gasteiger partial charge in [0.2, 0.25) is 0 Å². The van der Waals surface area contributed by atoms with Crippen LogP contribution in [0.15, 0.2) is 58.7 Å². The molecule has 2 bridgehead atoms. The van der Waals surface area contributed by atoms with Gasteiger partial charge in [-0.2, -0.15) is 0 Å². The Morgan fingerprint density at radius 2 is 0.714 bits per heavy atom. The average molecular weight is 380 g/mol. The van der Waals surface area contributed by atoms with Crippen LogP contribution in [-0.2, 0) is 25.7 Å². The van der Waals surface area contributed by atoms with Gasteiger partial charge in [-0.15, -0.1) is 0 Å². The van der Waals surface area contributed by atoms with Crippen LogP contribution in [0, 0.1) is 35.1 Å². The largest absolute Gasteiger partial charge is 0.204 e. The van der Waals surface area contributed by atoms with E-state index in [4.69, 9.17) is 0 Å². The van der Waals surface area contributed by atoms with Crippen LogP contribution in [0.5, 0.6) is 0 Å². The monoisotopic (exact) mass is 380 g/mol. The Hall–Kier alpha value is -2.62. The van der Waals surface area contributed by atoms with E-state index in [2.05, 4.69) is 12.2 Å². The third kappa shape index (κ3) is 2.12. The van der Waals surface area contributed by atoms with Crippen LogP contribution < -0.4 is 0 Å². The lowest BCUT2D eigenvalue weighted by Gasteiger charge is -2.44. The van der Waals surface area contributed by atoms with Gasteiger partial charge < -0.3 is 0 Å². The summed E-state index contributed by atoms with van der Waals surface area (Å²) in [7, 11) is 0. The molecule has 0 fully saturated rings. The van der Waals surface area contributed by atoms with Gasteiger partial charge in [0.15, 0.2) is 23.3 Å². The first-order valence-electron chi connectivity index (χ1n) is 9.55. The van der Waals surface area contributed by atoms with E-state index in [-0.39, 0.29) is 11.8 Å². The van der Waals surface area contributed by atoms with Crippen LogP contribution in [0.4, 0.5) is 17.6 Å². The molecule has 2 aromatic carbocycles. The molecule has 0 unspecified atom stereocenters. The molecule has 2 aromatic rings. The molecule has 0 spiro atoms. The van der Waals surface area contributed by atoms with Gasteiger partial charge in [-0.25, -0.2) is 17.6 Å². The molecule has 140 valence electrons. The van der Waals surface area contributed by atoms with Gasteiger partial charge in [-0.1, -0.05) is 34.4 Å². The predicted molar refractivity (Wildman–Crippen MR) is 97.7 cm³/mol. The highest BCUT2D eigenvalue weighted by molar-refractivity contribution is 5.59. The lowest BCUT2D eigenvalue weighted by atomic mass is 9.60. The lowest BCUT2D eigenvalue weighted by molar-refractivity contribution is 0.501. The summed E-state index contributed by atoms with van der Waals surface area (Å²) in [6.45, 7) is 0. The minimum absolute atomic E-state index is 0.123. The average Bonchev–Trinajstić information content (AvgIpc) is 2.67. The topological polar surface area (TPSA) is 0 Å². The molecule has 4 heteroatoms. The molecule has 0 nitrogen and oxygen atoms in total. The molecule has 0 aromatic heterocycles. The maximum Gasteiger partial charge on any atom is 0.159 e. The summed E-state index contributed by atoms with van der Waals surface area (Å²) in [6.07, 6.45) is 6.86. The molecule has 0 amide bonds. The van der Waals surface area contributed by atoms with Gasteiger partial charge in [0.05, 0.1) is 0 Å². The van der Waals surface area contributed by atoms with Crippen molar-refractivity contribution in [3.05, 3.63) is 104 Å². The van der Waals surface area contributed by atoms with Crippen LogP contribution >= 0.6 is 0 Å². The highest BCUT2D eigenvalue weighted by Crippen LogP contribution is 2.52. The van der Waals surface area contributed by atoms with Crippen molar-refractivity contribution in [2.45, 2.75) is 25.7 Å². The Kier molecular flexibility index (Phi) is 3.19. The summed E-state index contributed by atoms with van der Waals surface area (Å²) in [6, 6.07) is 5.29. The van der Waals surface area contributed by atoms with Crippen molar-refractivity contribution >= 4 is 0 Å². The summed E-state index contributed by atoms with van der Waals surface area (Å²) >= 11 is 0. The summed E-state index contributed by atoms with van der Waals surface area (Å²) in [4.78, 5) is 0. The molecule has 7 rings (SSSR count). The first kappa shape index (κ1) is 16.3. The first-order valence-corrected chi connectivity index (χ1v) is 9.55. The number of fused-ring (bicyclic) bond motifs is 2. The fraction of sp³-hybridized carbons (Fsp3) is 0.250. The fourth-order valence-electron chi connectivity index (χ4n) is 5.54. The van der Waals surface area contributed by atoms with E-state index in [9.17, 15) is 17.6 Å². The van der Waals surface area contributed by atoms with E-state index < -0.39 is 23.3 Å². The minimum atomic E-state index is -0.802. The Labute approximate surface area is 159 Å². The summed E-state index contributed by atoms with van der Waals surface area (Å²) < 4.78 is 55.0. The Bertz CT molecular complexity index is 992. The quantitative estimate of drug-likeness (QED) is 0.415. The summed E-state index contributed by atoms with van der Waals surface area (Å²) in [5.41, 5.74) is 8.50. The van der Waals surface area contributed by atoms with E-state index in [0.29, 0.717) is 25.7 Å². The van der Waals surface area contributed by atoms with Gasteiger partial charge in [0.25, 0.3) is 0 Å². The molecular formula is C24H16F4. The Balaban J connectivity index is 1.42. The zero-order valence-corrected chi connectivity index (χ0v) is 15.0. The normalized spacial score (nSPS) is 24.1. The molecule has 5 aliphatic carbocycles. The maximum atomic E-state index is 13.7. The molecule has 0 atom stereocenters. The zero-order chi connectivity index (χ0) is 19.2. The van der Waals surface area contributed by atoms with Crippen LogP contribution in [0.1, 0.15) is 22.3 Å². The van der Waals surface area contributed by atoms with Gasteiger partial charge in [0.1, 0.15) is 0 Å². The molecule has 0 N–H and O–H groups in total. The minimum Gasteiger partial charge on any atom is -0.204 e. The summed E-state index contributed by atoms with van der Waals surface area (Å²) in [5, 5.41) is 0. The standard InChI is InChI=1S/C24H16F4/c25-21-7-11-3-17-15-1-2-16(19(17)5-13(11)9-23(21)27)20-6-14-10-24(28)22(26)8-12(14)4-18(15)20/h1-2,7-10,15-16H,3-6H2. The first-order chi connectivity index (χ1) is 13.5. The second-order valence-electron chi connectivity index (χ2n) is 8.22. The van der Waals surface area contributed by atoms with Crippen LogP contribution in [0.2, 0.25) is 0 Å². The van der Waals surface area contributed by atoms with Crippen molar-refractivity contribution in [2.75, 3.05) is 0 Å². The number of rotatable bonds is 0. The number of hydrogen-bond acceptors (Lipinski definition) is 0. The van der Waals surface area contributed by atoms with E-state index in [1.807, 2.05) is 0 Å². The molecule has 0 radical (unpaired) electrons. The van der Waals surface area contributed by atoms with E-state index >= 15 is 0 Å². The molecule has 5 aliphatic rings. The number of benzene rings is 2. The van der Waals surface area contributed by atoms with Crippen molar-refractivity contribution in [3.63, 3.8) is 0 Å². The highest BCUT2D eigenvalue weighted by atomic mass is 19.2. The number of allylic oxidation sites excluding steroid dienone is 6. The zero-order valence-electron chi connectivity index (χ0n) is 15.0. The van der Waals surface area contributed by atoms with Crippen LogP contribution in [-0.4, -0.2) is 0 Å². The highest BCUT2D eigenvalue weighted by Gasteiger charge is 2.41. The number of hydrogen-bond donors (Lipinski definition) is 0. The van der Waals surface area contributed by atoms with E-state index in [0.717, 1.165) is 22.3 Å². The SMILES string of the molecule is Fc1cc2c(cc1F)CC1=C(C2)C2C=CC1C1=C2Cc2cc(F)c(F)cc2C1. The molecule has 0 saturated heterocycles. The summed E-state index contributed by atoms with van der Waals surface area (Å²) in [5.74, 6) is -2.96. The molecule has 0 aliphatic heterocycles. The molecule has 0 saturated carbocycles. The van der Waals surface area contributed by atoms with Crippen LogP contribution in [0.3, 0.4) is 0 Å². The molecule has 0 heterocycles. The van der Waals surface area contributed by atoms with Crippen molar-refractivity contribution in [1.29, 1.82) is 0 Å². The second kappa shape index (κ2) is 5.47.